The van der Waals surface area contributed by atoms with Crippen molar-refractivity contribution in [1.29, 1.82) is 0 Å². The van der Waals surface area contributed by atoms with Crippen molar-refractivity contribution in [3.8, 4) is 0 Å². The molecule has 0 aromatic heterocycles. The number of nitrogens with one attached hydrogen (secondary N) is 1. The van der Waals surface area contributed by atoms with Crippen molar-refractivity contribution in [1.82, 2.24) is 9.62 Å². The molecule has 0 radical (unpaired) electrons. The Balaban J connectivity index is 1.90. The molecule has 1 heterocycles. The van der Waals surface area contributed by atoms with Gasteiger partial charge in [0.1, 0.15) is 0 Å². The highest BCUT2D eigenvalue weighted by molar-refractivity contribution is 7.88. The van der Waals surface area contributed by atoms with Crippen LogP contribution in [-0.2, 0) is 14.8 Å². The van der Waals surface area contributed by atoms with Crippen molar-refractivity contribution in [2.45, 2.75) is 18.9 Å². The molecule has 23 heavy (non-hydrogen) atoms. The molecule has 2 rings (SSSR count). The maximum absolute atomic E-state index is 12.0. The molecular weight excluding hydrogens is 359 g/mol. The van der Waals surface area contributed by atoms with Gasteiger partial charge in [0, 0.05) is 40.8 Å². The second-order valence-electron chi connectivity index (χ2n) is 5.41. The van der Waals surface area contributed by atoms with Crippen LogP contribution in [0.4, 0.5) is 0 Å². The zero-order valence-electron chi connectivity index (χ0n) is 12.6. The van der Waals surface area contributed by atoms with Crippen LogP contribution in [0.15, 0.2) is 24.3 Å². The third-order valence-corrected chi connectivity index (χ3v) is 5.63. The summed E-state index contributed by atoms with van der Waals surface area (Å²) >= 11 is 12.1. The van der Waals surface area contributed by atoms with E-state index < -0.39 is 10.0 Å². The molecule has 1 saturated heterocycles. The van der Waals surface area contributed by atoms with E-state index in [1.165, 1.54) is 16.6 Å². The van der Waals surface area contributed by atoms with E-state index in [0.29, 0.717) is 41.5 Å². The largest absolute Gasteiger partial charge is 0.350 e. The van der Waals surface area contributed by atoms with E-state index in [9.17, 15) is 13.2 Å². The standard InChI is InChI=1S/C15H18Cl2N2O3S/c1-23(21,22)19-9-7-11(8-10-19)18-15(20)6-5-12-13(16)3-2-4-14(12)17/h2-6,11H,7-10H2,1H3,(H,18,20)/b6-5+. The second kappa shape index (κ2) is 7.66. The summed E-state index contributed by atoms with van der Waals surface area (Å²) in [6.45, 7) is 0.841. The summed E-state index contributed by atoms with van der Waals surface area (Å²) < 4.78 is 24.3. The lowest BCUT2D eigenvalue weighted by Crippen LogP contribution is -2.45. The van der Waals surface area contributed by atoms with Crippen molar-refractivity contribution in [3.63, 3.8) is 0 Å². The fourth-order valence-electron chi connectivity index (χ4n) is 2.41. The molecule has 1 aliphatic rings. The van der Waals surface area contributed by atoms with Gasteiger partial charge in [0.05, 0.1) is 6.26 Å². The molecule has 0 spiro atoms. The number of carbonyl (C=O) groups is 1. The molecule has 126 valence electrons. The van der Waals surface area contributed by atoms with Gasteiger partial charge in [0.25, 0.3) is 0 Å². The molecule has 0 aliphatic carbocycles. The van der Waals surface area contributed by atoms with Gasteiger partial charge in [-0.1, -0.05) is 29.3 Å². The predicted molar refractivity (Wildman–Crippen MR) is 93.1 cm³/mol. The van der Waals surface area contributed by atoms with Gasteiger partial charge >= 0.3 is 0 Å². The number of nitrogens with zero attached hydrogens (tertiary/aromatic N) is 1. The fourth-order valence-corrected chi connectivity index (χ4v) is 3.81. The number of piperidine rings is 1. The predicted octanol–water partition coefficient (Wildman–Crippen LogP) is 2.55. The van der Waals surface area contributed by atoms with Crippen LogP contribution in [-0.4, -0.2) is 44.0 Å². The zero-order valence-corrected chi connectivity index (χ0v) is 15.0. The van der Waals surface area contributed by atoms with E-state index >= 15 is 0 Å². The normalized spacial score (nSPS) is 17.5. The van der Waals surface area contributed by atoms with Gasteiger partial charge in [0.15, 0.2) is 0 Å². The number of hydrogen-bond donors (Lipinski definition) is 1. The molecule has 0 unspecified atom stereocenters. The van der Waals surface area contributed by atoms with E-state index in [-0.39, 0.29) is 11.9 Å². The number of carbonyl (C=O) groups excluding carboxylic acids is 1. The quantitative estimate of drug-likeness (QED) is 0.821. The number of hydrogen-bond acceptors (Lipinski definition) is 3. The smallest absolute Gasteiger partial charge is 0.244 e. The summed E-state index contributed by atoms with van der Waals surface area (Å²) in [5, 5.41) is 3.82. The molecule has 1 aromatic carbocycles. The first-order chi connectivity index (χ1) is 10.8. The van der Waals surface area contributed by atoms with Gasteiger partial charge in [0.2, 0.25) is 15.9 Å². The van der Waals surface area contributed by atoms with Crippen LogP contribution < -0.4 is 5.32 Å². The van der Waals surface area contributed by atoms with Crippen LogP contribution in [0.5, 0.6) is 0 Å². The maximum Gasteiger partial charge on any atom is 0.244 e. The molecule has 1 aliphatic heterocycles. The van der Waals surface area contributed by atoms with Crippen LogP contribution in [0.1, 0.15) is 18.4 Å². The molecule has 0 saturated carbocycles. The van der Waals surface area contributed by atoms with Gasteiger partial charge in [-0.15, -0.1) is 0 Å². The molecule has 1 aromatic rings. The van der Waals surface area contributed by atoms with Gasteiger partial charge in [-0.2, -0.15) is 0 Å². The summed E-state index contributed by atoms with van der Waals surface area (Å²) in [6.07, 6.45) is 5.35. The minimum Gasteiger partial charge on any atom is -0.350 e. The van der Waals surface area contributed by atoms with Crippen LogP contribution in [0.3, 0.4) is 0 Å². The second-order valence-corrected chi connectivity index (χ2v) is 8.21. The number of benzene rings is 1. The minimum absolute atomic E-state index is 0.0353. The first-order valence-electron chi connectivity index (χ1n) is 7.15. The average Bonchev–Trinajstić information content (AvgIpc) is 2.46. The Kier molecular flexibility index (Phi) is 6.08. The first-order valence-corrected chi connectivity index (χ1v) is 9.75. The highest BCUT2D eigenvalue weighted by atomic mass is 35.5. The fraction of sp³-hybridized carbons (Fsp3) is 0.400. The van der Waals surface area contributed by atoms with E-state index in [2.05, 4.69) is 5.32 Å². The minimum atomic E-state index is -3.16. The number of halogens is 2. The molecular formula is C15H18Cl2N2O3S. The Morgan fingerprint density at radius 3 is 2.35 bits per heavy atom. The van der Waals surface area contributed by atoms with Crippen molar-refractivity contribution >= 4 is 45.2 Å². The highest BCUT2D eigenvalue weighted by Crippen LogP contribution is 2.25. The summed E-state index contributed by atoms with van der Waals surface area (Å²) in [6, 6.07) is 5.10. The Bertz CT molecular complexity index is 691. The van der Waals surface area contributed by atoms with E-state index in [4.69, 9.17) is 23.2 Å². The molecule has 1 amide bonds. The van der Waals surface area contributed by atoms with Crippen LogP contribution in [0.2, 0.25) is 10.0 Å². The SMILES string of the molecule is CS(=O)(=O)N1CCC(NC(=O)/C=C/c2c(Cl)cccc2Cl)CC1. The average molecular weight is 377 g/mol. The Hall–Kier alpha value is -1.08. The Morgan fingerprint density at radius 1 is 1.26 bits per heavy atom. The highest BCUT2D eigenvalue weighted by Gasteiger charge is 2.25. The lowest BCUT2D eigenvalue weighted by atomic mass is 10.1. The summed E-state index contributed by atoms with van der Waals surface area (Å²) in [5.74, 6) is -0.251. The molecule has 1 N–H and O–H groups in total. The Labute approximate surface area is 146 Å². The lowest BCUT2D eigenvalue weighted by Gasteiger charge is -2.30. The van der Waals surface area contributed by atoms with E-state index in [0.717, 1.165) is 0 Å². The third kappa shape index (κ3) is 5.21. The van der Waals surface area contributed by atoms with Crippen molar-refractivity contribution in [3.05, 3.63) is 39.9 Å². The molecule has 0 bridgehead atoms. The monoisotopic (exact) mass is 376 g/mol. The molecule has 8 heteroatoms. The zero-order chi connectivity index (χ0) is 17.0. The van der Waals surface area contributed by atoms with Crippen molar-refractivity contribution in [2.75, 3.05) is 19.3 Å². The first kappa shape index (κ1) is 18.3. The van der Waals surface area contributed by atoms with Crippen LogP contribution >= 0.6 is 23.2 Å². The van der Waals surface area contributed by atoms with Crippen LogP contribution in [0, 0.1) is 0 Å². The molecule has 1 fully saturated rings. The molecule has 5 nitrogen and oxygen atoms in total. The Morgan fingerprint density at radius 2 is 1.83 bits per heavy atom. The van der Waals surface area contributed by atoms with E-state index in [1.54, 1.807) is 24.3 Å². The topological polar surface area (TPSA) is 66.5 Å². The summed E-state index contributed by atoms with van der Waals surface area (Å²) in [7, 11) is -3.16. The van der Waals surface area contributed by atoms with Gasteiger partial charge in [-0.3, -0.25) is 4.79 Å². The van der Waals surface area contributed by atoms with Gasteiger partial charge in [-0.05, 0) is 31.1 Å². The number of amides is 1. The van der Waals surface area contributed by atoms with Crippen molar-refractivity contribution in [2.24, 2.45) is 0 Å². The summed E-state index contributed by atoms with van der Waals surface area (Å²) in [4.78, 5) is 12.0. The molecule has 0 atom stereocenters. The maximum atomic E-state index is 12.0. The van der Waals surface area contributed by atoms with E-state index in [1.807, 2.05) is 0 Å². The van der Waals surface area contributed by atoms with Gasteiger partial charge in [-0.25, -0.2) is 12.7 Å². The third-order valence-electron chi connectivity index (χ3n) is 3.67. The van der Waals surface area contributed by atoms with Crippen LogP contribution in [0.25, 0.3) is 6.08 Å². The number of rotatable bonds is 4. The van der Waals surface area contributed by atoms with Gasteiger partial charge < -0.3 is 5.32 Å². The number of sulfonamides is 1. The van der Waals surface area contributed by atoms with Crippen molar-refractivity contribution < 1.29 is 13.2 Å². The summed E-state index contributed by atoms with van der Waals surface area (Å²) in [5.41, 5.74) is 0.595. The lowest BCUT2D eigenvalue weighted by molar-refractivity contribution is -0.117.